The minimum atomic E-state index is -0.232. The summed E-state index contributed by atoms with van der Waals surface area (Å²) in [5, 5.41) is 8.69. The van der Waals surface area contributed by atoms with Gasteiger partial charge in [-0.2, -0.15) is 0 Å². The third-order valence-electron chi connectivity index (χ3n) is 4.64. The van der Waals surface area contributed by atoms with Crippen molar-refractivity contribution in [1.29, 1.82) is 0 Å². The SMILES string of the molecule is CCc1ccc(NC(=O)c2cnc(Nc3nc(-c4ccccc4)cs3)nc2C)cc1. The molecule has 2 heterocycles. The standard InChI is InChI=1S/C23H21N5OS/c1-3-16-9-11-18(12-10-16)26-21(29)19-13-24-22(25-15(19)2)28-23-27-20(14-30-23)17-7-5-4-6-8-17/h4-14H,3H2,1-2H3,(H,26,29)(H,24,25,27,28). The highest BCUT2D eigenvalue weighted by molar-refractivity contribution is 7.14. The minimum Gasteiger partial charge on any atom is -0.322 e. The summed E-state index contributed by atoms with van der Waals surface area (Å²) >= 11 is 1.48. The fourth-order valence-electron chi connectivity index (χ4n) is 2.94. The first-order valence-electron chi connectivity index (χ1n) is 9.64. The van der Waals surface area contributed by atoms with Gasteiger partial charge < -0.3 is 10.6 Å². The molecule has 2 aromatic heterocycles. The maximum absolute atomic E-state index is 12.6. The number of thiazole rings is 1. The van der Waals surface area contributed by atoms with Crippen molar-refractivity contribution in [2.75, 3.05) is 10.6 Å². The van der Waals surface area contributed by atoms with Crippen LogP contribution < -0.4 is 10.6 Å². The Bertz CT molecular complexity index is 1160. The average Bonchev–Trinajstić information content (AvgIpc) is 3.23. The Kier molecular flexibility index (Phi) is 5.81. The molecule has 150 valence electrons. The lowest BCUT2D eigenvalue weighted by Crippen LogP contribution is -2.15. The van der Waals surface area contributed by atoms with Gasteiger partial charge in [-0.3, -0.25) is 4.79 Å². The van der Waals surface area contributed by atoms with Gasteiger partial charge in [0.1, 0.15) is 0 Å². The number of hydrogen-bond acceptors (Lipinski definition) is 6. The zero-order chi connectivity index (χ0) is 20.9. The monoisotopic (exact) mass is 415 g/mol. The number of rotatable bonds is 6. The van der Waals surface area contributed by atoms with E-state index in [1.807, 2.05) is 60.0 Å². The Morgan fingerprint density at radius 1 is 1.03 bits per heavy atom. The molecule has 1 amide bonds. The second-order valence-electron chi connectivity index (χ2n) is 6.73. The number of amides is 1. The summed E-state index contributed by atoms with van der Waals surface area (Å²) in [6.45, 7) is 3.89. The van der Waals surface area contributed by atoms with Gasteiger partial charge in [0.05, 0.1) is 17.0 Å². The van der Waals surface area contributed by atoms with Gasteiger partial charge in [0.15, 0.2) is 5.13 Å². The van der Waals surface area contributed by atoms with Crippen LogP contribution in [0.2, 0.25) is 0 Å². The van der Waals surface area contributed by atoms with Crippen LogP contribution in [0.15, 0.2) is 66.2 Å². The normalized spacial score (nSPS) is 10.6. The number of aryl methyl sites for hydroxylation is 2. The molecule has 7 heteroatoms. The van der Waals surface area contributed by atoms with Crippen molar-refractivity contribution in [2.24, 2.45) is 0 Å². The van der Waals surface area contributed by atoms with E-state index in [2.05, 4.69) is 32.5 Å². The predicted molar refractivity (Wildman–Crippen MR) is 121 cm³/mol. The molecule has 0 radical (unpaired) electrons. The highest BCUT2D eigenvalue weighted by Crippen LogP contribution is 2.26. The van der Waals surface area contributed by atoms with Crippen molar-refractivity contribution in [3.8, 4) is 11.3 Å². The van der Waals surface area contributed by atoms with Gasteiger partial charge in [-0.05, 0) is 31.0 Å². The molecule has 0 spiro atoms. The summed E-state index contributed by atoms with van der Waals surface area (Å²) < 4.78 is 0. The molecule has 30 heavy (non-hydrogen) atoms. The summed E-state index contributed by atoms with van der Waals surface area (Å²) in [5.74, 6) is 0.175. The van der Waals surface area contributed by atoms with E-state index in [9.17, 15) is 4.79 Å². The molecule has 0 aliphatic rings. The average molecular weight is 416 g/mol. The number of benzene rings is 2. The second-order valence-corrected chi connectivity index (χ2v) is 7.58. The van der Waals surface area contributed by atoms with E-state index in [-0.39, 0.29) is 5.91 Å². The number of aromatic nitrogens is 3. The van der Waals surface area contributed by atoms with E-state index in [0.717, 1.165) is 23.4 Å². The predicted octanol–water partition coefficient (Wildman–Crippen LogP) is 5.47. The molecular weight excluding hydrogens is 394 g/mol. The van der Waals surface area contributed by atoms with Gasteiger partial charge in [0.25, 0.3) is 5.91 Å². The number of nitrogens with one attached hydrogen (secondary N) is 2. The molecular formula is C23H21N5OS. The van der Waals surface area contributed by atoms with Crippen molar-refractivity contribution in [1.82, 2.24) is 15.0 Å². The quantitative estimate of drug-likeness (QED) is 0.437. The van der Waals surface area contributed by atoms with Gasteiger partial charge in [-0.1, -0.05) is 49.4 Å². The molecule has 0 bridgehead atoms. The molecule has 0 saturated heterocycles. The van der Waals surface area contributed by atoms with Gasteiger partial charge in [0.2, 0.25) is 5.95 Å². The minimum absolute atomic E-state index is 0.232. The van der Waals surface area contributed by atoms with Crippen LogP contribution in [0.4, 0.5) is 16.8 Å². The van der Waals surface area contributed by atoms with Crippen LogP contribution in [0.3, 0.4) is 0 Å². The molecule has 0 aliphatic carbocycles. The molecule has 4 rings (SSSR count). The van der Waals surface area contributed by atoms with Crippen LogP contribution in [0.25, 0.3) is 11.3 Å². The van der Waals surface area contributed by atoms with Crippen LogP contribution in [0.1, 0.15) is 28.5 Å². The highest BCUT2D eigenvalue weighted by atomic mass is 32.1. The van der Waals surface area contributed by atoms with Crippen molar-refractivity contribution in [3.63, 3.8) is 0 Å². The van der Waals surface area contributed by atoms with Crippen molar-refractivity contribution in [3.05, 3.63) is 83.0 Å². The summed E-state index contributed by atoms with van der Waals surface area (Å²) in [4.78, 5) is 25.9. The number of carbonyl (C=O) groups excluding carboxylic acids is 1. The van der Waals surface area contributed by atoms with Crippen molar-refractivity contribution < 1.29 is 4.79 Å². The Morgan fingerprint density at radius 3 is 2.50 bits per heavy atom. The molecule has 0 atom stereocenters. The first-order chi connectivity index (χ1) is 14.6. The summed E-state index contributed by atoms with van der Waals surface area (Å²) in [5.41, 5.74) is 4.94. The van der Waals surface area contributed by atoms with E-state index in [1.165, 1.54) is 23.1 Å². The number of carbonyl (C=O) groups is 1. The smallest absolute Gasteiger partial charge is 0.259 e. The number of anilines is 3. The third kappa shape index (κ3) is 4.52. The number of hydrogen-bond donors (Lipinski definition) is 2. The fraction of sp³-hybridized carbons (Fsp3) is 0.130. The molecule has 0 aliphatic heterocycles. The van der Waals surface area contributed by atoms with E-state index >= 15 is 0 Å². The summed E-state index contributed by atoms with van der Waals surface area (Å²) in [6.07, 6.45) is 2.49. The van der Waals surface area contributed by atoms with Crippen LogP contribution in [0, 0.1) is 6.92 Å². The van der Waals surface area contributed by atoms with Crippen LogP contribution in [-0.4, -0.2) is 20.9 Å². The lowest BCUT2D eigenvalue weighted by molar-refractivity contribution is 0.102. The lowest BCUT2D eigenvalue weighted by atomic mass is 10.1. The maximum atomic E-state index is 12.6. The largest absolute Gasteiger partial charge is 0.322 e. The molecule has 4 aromatic rings. The van der Waals surface area contributed by atoms with Crippen LogP contribution in [-0.2, 0) is 6.42 Å². The molecule has 0 saturated carbocycles. The molecule has 0 unspecified atom stereocenters. The van der Waals surface area contributed by atoms with E-state index in [4.69, 9.17) is 0 Å². The first kappa shape index (κ1) is 19.7. The van der Waals surface area contributed by atoms with Gasteiger partial charge in [-0.25, -0.2) is 15.0 Å². The van der Waals surface area contributed by atoms with E-state index in [1.54, 1.807) is 6.92 Å². The molecule has 2 aromatic carbocycles. The Balaban J connectivity index is 1.45. The van der Waals surface area contributed by atoms with Crippen LogP contribution >= 0.6 is 11.3 Å². The Labute approximate surface area is 179 Å². The number of nitrogens with zero attached hydrogens (tertiary/aromatic N) is 3. The summed E-state index contributed by atoms with van der Waals surface area (Å²) in [6, 6.07) is 17.8. The van der Waals surface area contributed by atoms with Gasteiger partial charge >= 0.3 is 0 Å². The zero-order valence-electron chi connectivity index (χ0n) is 16.7. The van der Waals surface area contributed by atoms with E-state index in [0.29, 0.717) is 22.3 Å². The fourth-order valence-corrected chi connectivity index (χ4v) is 3.65. The Hall–Kier alpha value is -3.58. The highest BCUT2D eigenvalue weighted by Gasteiger charge is 2.13. The summed E-state index contributed by atoms with van der Waals surface area (Å²) in [7, 11) is 0. The maximum Gasteiger partial charge on any atom is 0.259 e. The molecule has 6 nitrogen and oxygen atoms in total. The van der Waals surface area contributed by atoms with E-state index < -0.39 is 0 Å². The second kappa shape index (κ2) is 8.84. The van der Waals surface area contributed by atoms with Crippen molar-refractivity contribution >= 4 is 34.0 Å². The van der Waals surface area contributed by atoms with Gasteiger partial charge in [-0.15, -0.1) is 11.3 Å². The lowest BCUT2D eigenvalue weighted by Gasteiger charge is -2.09. The Morgan fingerprint density at radius 2 is 1.80 bits per heavy atom. The van der Waals surface area contributed by atoms with Gasteiger partial charge in [0, 0.05) is 22.8 Å². The first-order valence-corrected chi connectivity index (χ1v) is 10.5. The molecule has 0 fully saturated rings. The van der Waals surface area contributed by atoms with Crippen molar-refractivity contribution in [2.45, 2.75) is 20.3 Å². The van der Waals surface area contributed by atoms with Crippen LogP contribution in [0.5, 0.6) is 0 Å². The molecule has 2 N–H and O–H groups in total. The topological polar surface area (TPSA) is 79.8 Å². The third-order valence-corrected chi connectivity index (χ3v) is 5.39. The zero-order valence-corrected chi connectivity index (χ0v) is 17.5.